The van der Waals surface area contributed by atoms with Crippen molar-refractivity contribution in [2.45, 2.75) is 27.2 Å². The second-order valence-electron chi connectivity index (χ2n) is 8.80. The molecule has 0 atom stereocenters. The Balaban J connectivity index is 1.63. The Morgan fingerprint density at radius 3 is 2.27 bits per heavy atom. The first-order valence-electron chi connectivity index (χ1n) is 12.2. The highest BCUT2D eigenvalue weighted by molar-refractivity contribution is 9.10. The van der Waals surface area contributed by atoms with Crippen molar-refractivity contribution in [2.24, 2.45) is 0 Å². The molecule has 0 saturated heterocycles. The Morgan fingerprint density at radius 2 is 1.59 bits per heavy atom. The molecule has 0 radical (unpaired) electrons. The van der Waals surface area contributed by atoms with E-state index in [-0.39, 0.29) is 18.5 Å². The molecule has 0 unspecified atom stereocenters. The molecule has 37 heavy (non-hydrogen) atoms. The molecule has 0 aliphatic rings. The van der Waals surface area contributed by atoms with Gasteiger partial charge in [0.2, 0.25) is 5.91 Å². The molecule has 3 aromatic carbocycles. The summed E-state index contributed by atoms with van der Waals surface area (Å²) in [6, 6.07) is 24.9. The zero-order valence-corrected chi connectivity index (χ0v) is 22.7. The van der Waals surface area contributed by atoms with Crippen LogP contribution in [0.15, 0.2) is 83.3 Å². The lowest BCUT2D eigenvalue weighted by atomic mass is 10.1. The largest absolute Gasteiger partial charge is 0.322 e. The first kappa shape index (κ1) is 26.2. The van der Waals surface area contributed by atoms with Gasteiger partial charge in [-0.25, -0.2) is 9.48 Å². The molecule has 0 aliphatic carbocycles. The highest BCUT2D eigenvalue weighted by atomic mass is 79.9. The van der Waals surface area contributed by atoms with E-state index in [1.807, 2.05) is 93.6 Å². The number of hydrogen-bond acceptors (Lipinski definition) is 3. The molecule has 4 rings (SSSR count). The number of halogens is 1. The van der Waals surface area contributed by atoms with Gasteiger partial charge in [-0.1, -0.05) is 67.1 Å². The van der Waals surface area contributed by atoms with E-state index < -0.39 is 0 Å². The third kappa shape index (κ3) is 6.27. The number of hydrogen-bond donors (Lipinski definition) is 2. The van der Waals surface area contributed by atoms with Gasteiger partial charge in [0.1, 0.15) is 12.4 Å². The predicted molar refractivity (Wildman–Crippen MR) is 152 cm³/mol. The number of nitrogens with one attached hydrogen (secondary N) is 2. The van der Waals surface area contributed by atoms with Gasteiger partial charge in [-0.15, -0.1) is 0 Å². The fraction of sp³-hybridized carbons (Fsp3) is 0.207. The summed E-state index contributed by atoms with van der Waals surface area (Å²) in [6.45, 7) is 6.26. The molecule has 7 nitrogen and oxygen atoms in total. The Bertz CT molecular complexity index is 1380. The average molecular weight is 560 g/mol. The molecule has 0 fully saturated rings. The summed E-state index contributed by atoms with van der Waals surface area (Å²) in [5, 5.41) is 10.7. The summed E-state index contributed by atoms with van der Waals surface area (Å²) < 4.78 is 2.52. The lowest BCUT2D eigenvalue weighted by molar-refractivity contribution is -0.116. The number of aromatic nitrogens is 2. The molecule has 190 valence electrons. The van der Waals surface area contributed by atoms with E-state index in [9.17, 15) is 9.59 Å². The van der Waals surface area contributed by atoms with E-state index in [2.05, 4.69) is 26.6 Å². The molecule has 1 heterocycles. The number of benzene rings is 3. The summed E-state index contributed by atoms with van der Waals surface area (Å²) in [4.78, 5) is 27.9. The van der Waals surface area contributed by atoms with Crippen molar-refractivity contribution in [3.8, 4) is 16.8 Å². The minimum absolute atomic E-state index is 0.101. The summed E-state index contributed by atoms with van der Waals surface area (Å²) in [6.07, 6.45) is 0.715. The first-order valence-corrected chi connectivity index (χ1v) is 13.0. The van der Waals surface area contributed by atoms with Crippen molar-refractivity contribution in [1.29, 1.82) is 0 Å². The zero-order valence-electron chi connectivity index (χ0n) is 21.2. The number of carbonyl (C=O) groups is 2. The smallest absolute Gasteiger partial charge is 0.315 e. The summed E-state index contributed by atoms with van der Waals surface area (Å²) in [7, 11) is 0. The topological polar surface area (TPSA) is 79.3 Å². The Kier molecular flexibility index (Phi) is 8.40. The molecule has 4 aromatic rings. The highest BCUT2D eigenvalue weighted by Crippen LogP contribution is 2.33. The number of rotatable bonds is 8. The van der Waals surface area contributed by atoms with Crippen LogP contribution in [0.25, 0.3) is 16.8 Å². The van der Waals surface area contributed by atoms with Crippen LogP contribution in [0.2, 0.25) is 0 Å². The van der Waals surface area contributed by atoms with Crippen molar-refractivity contribution in [1.82, 2.24) is 14.7 Å². The van der Waals surface area contributed by atoms with Crippen LogP contribution in [0.1, 0.15) is 24.6 Å². The lowest BCUT2D eigenvalue weighted by Crippen LogP contribution is -2.41. The van der Waals surface area contributed by atoms with Gasteiger partial charge >= 0.3 is 6.03 Å². The quantitative estimate of drug-likeness (QED) is 0.249. The number of nitrogens with zero attached hydrogens (tertiary/aromatic N) is 3. The zero-order chi connectivity index (χ0) is 26.4. The second-order valence-corrected chi connectivity index (χ2v) is 9.66. The van der Waals surface area contributed by atoms with Gasteiger partial charge in [0, 0.05) is 16.6 Å². The highest BCUT2D eigenvalue weighted by Gasteiger charge is 2.23. The number of amides is 3. The van der Waals surface area contributed by atoms with E-state index in [1.165, 1.54) is 4.90 Å². The third-order valence-electron chi connectivity index (χ3n) is 5.89. The number of urea groups is 1. The second kappa shape index (κ2) is 11.9. The summed E-state index contributed by atoms with van der Waals surface area (Å²) >= 11 is 3.45. The maximum absolute atomic E-state index is 13.4. The van der Waals surface area contributed by atoms with Crippen LogP contribution in [0, 0.1) is 13.8 Å². The van der Waals surface area contributed by atoms with E-state index >= 15 is 0 Å². The van der Waals surface area contributed by atoms with E-state index in [4.69, 9.17) is 5.10 Å². The Morgan fingerprint density at radius 1 is 0.919 bits per heavy atom. The molecule has 0 bridgehead atoms. The lowest BCUT2D eigenvalue weighted by Gasteiger charge is -2.23. The molecule has 3 amide bonds. The van der Waals surface area contributed by atoms with Crippen LogP contribution in [-0.4, -0.2) is 39.7 Å². The summed E-state index contributed by atoms with van der Waals surface area (Å²) in [5.41, 5.74) is 5.20. The Labute approximate surface area is 225 Å². The van der Waals surface area contributed by atoms with Gasteiger partial charge in [0.15, 0.2) is 0 Å². The molecule has 8 heteroatoms. The average Bonchev–Trinajstić information content (AvgIpc) is 3.21. The number of aryl methyl sites for hydroxylation is 2. The van der Waals surface area contributed by atoms with Gasteiger partial charge in [0.25, 0.3) is 0 Å². The molecular weight excluding hydrogens is 530 g/mol. The summed E-state index contributed by atoms with van der Waals surface area (Å²) in [5.74, 6) is 0.265. The van der Waals surface area contributed by atoms with Gasteiger partial charge in [-0.05, 0) is 66.0 Å². The van der Waals surface area contributed by atoms with Crippen LogP contribution >= 0.6 is 15.9 Å². The predicted octanol–water partition coefficient (Wildman–Crippen LogP) is 6.80. The fourth-order valence-corrected chi connectivity index (χ4v) is 4.47. The molecular formula is C29H30BrN5O2. The number of para-hydroxylation sites is 1. The maximum Gasteiger partial charge on any atom is 0.322 e. The Hall–Kier alpha value is -3.91. The van der Waals surface area contributed by atoms with Crippen LogP contribution in [-0.2, 0) is 4.79 Å². The maximum atomic E-state index is 13.4. The minimum atomic E-state index is -0.338. The van der Waals surface area contributed by atoms with E-state index in [0.717, 1.165) is 32.5 Å². The van der Waals surface area contributed by atoms with Crippen LogP contribution < -0.4 is 10.6 Å². The molecule has 1 aromatic heterocycles. The van der Waals surface area contributed by atoms with Crippen molar-refractivity contribution < 1.29 is 9.59 Å². The van der Waals surface area contributed by atoms with Crippen LogP contribution in [0.3, 0.4) is 0 Å². The standard InChI is InChI=1S/C29H30BrN5O2/c1-4-18-34(29(37)31-25-13-9-8-12-24(25)30)19-26(36)32-28-27(22-10-6-5-7-11-22)21(3)33-35(28)23-16-14-20(2)15-17-23/h5-17H,4,18-19H2,1-3H3,(H,31,37)(H,32,36). The molecule has 0 spiro atoms. The van der Waals surface area contributed by atoms with Crippen molar-refractivity contribution in [3.63, 3.8) is 0 Å². The van der Waals surface area contributed by atoms with Gasteiger partial charge in [-0.3, -0.25) is 4.79 Å². The monoisotopic (exact) mass is 559 g/mol. The van der Waals surface area contributed by atoms with Crippen molar-refractivity contribution in [2.75, 3.05) is 23.7 Å². The van der Waals surface area contributed by atoms with E-state index in [0.29, 0.717) is 24.5 Å². The molecule has 0 aliphatic heterocycles. The van der Waals surface area contributed by atoms with Gasteiger partial charge < -0.3 is 15.5 Å². The van der Waals surface area contributed by atoms with Gasteiger partial charge in [-0.2, -0.15) is 5.10 Å². The fourth-order valence-electron chi connectivity index (χ4n) is 4.09. The first-order chi connectivity index (χ1) is 17.9. The number of anilines is 2. The normalized spacial score (nSPS) is 10.7. The SMILES string of the molecule is CCCN(CC(=O)Nc1c(-c2ccccc2)c(C)nn1-c1ccc(C)cc1)C(=O)Nc1ccccc1Br. The van der Waals surface area contributed by atoms with Crippen molar-refractivity contribution in [3.05, 3.63) is 94.6 Å². The molecule has 2 N–H and O–H groups in total. The minimum Gasteiger partial charge on any atom is -0.315 e. The van der Waals surface area contributed by atoms with E-state index in [1.54, 1.807) is 10.7 Å². The van der Waals surface area contributed by atoms with Gasteiger partial charge in [0.05, 0.1) is 17.1 Å². The molecule has 0 saturated carbocycles. The van der Waals surface area contributed by atoms with Crippen LogP contribution in [0.5, 0.6) is 0 Å². The number of carbonyl (C=O) groups excluding carboxylic acids is 2. The van der Waals surface area contributed by atoms with Crippen molar-refractivity contribution >= 4 is 39.4 Å². The van der Waals surface area contributed by atoms with Crippen LogP contribution in [0.4, 0.5) is 16.3 Å². The third-order valence-corrected chi connectivity index (χ3v) is 6.58.